The number of ether oxygens (including phenoxy) is 1. The number of rotatable bonds is 8. The number of nitrogens with one attached hydrogen (secondary N) is 1. The first-order chi connectivity index (χ1) is 11.5. The van der Waals surface area contributed by atoms with Gasteiger partial charge in [-0.3, -0.25) is 4.79 Å². The van der Waals surface area contributed by atoms with Crippen molar-refractivity contribution in [2.75, 3.05) is 7.11 Å². The molecule has 2 N–H and O–H groups in total. The fraction of sp³-hybridized carbons (Fsp3) is 0.444. The van der Waals surface area contributed by atoms with E-state index in [1.165, 1.54) is 0 Å². The number of methoxy groups -OCH3 is 1. The summed E-state index contributed by atoms with van der Waals surface area (Å²) in [4.78, 5) is 23.4. The van der Waals surface area contributed by atoms with Crippen molar-refractivity contribution in [3.8, 4) is 5.75 Å². The molecule has 130 valence electrons. The molecule has 1 aromatic carbocycles. The minimum absolute atomic E-state index is 0.108. The van der Waals surface area contributed by atoms with Crippen molar-refractivity contribution < 1.29 is 19.4 Å². The molecular formula is C18H24N2O4. The van der Waals surface area contributed by atoms with Crippen LogP contribution in [0, 0.1) is 5.92 Å². The lowest BCUT2D eigenvalue weighted by molar-refractivity contribution is -0.143. The molecule has 0 saturated heterocycles. The monoisotopic (exact) mass is 332 g/mol. The first-order valence-corrected chi connectivity index (χ1v) is 8.12. The molecule has 0 radical (unpaired) electrons. The first-order valence-electron chi connectivity index (χ1n) is 8.12. The van der Waals surface area contributed by atoms with Gasteiger partial charge in [-0.1, -0.05) is 26.3 Å². The third-order valence-electron chi connectivity index (χ3n) is 4.37. The van der Waals surface area contributed by atoms with Gasteiger partial charge < -0.3 is 19.7 Å². The quantitative estimate of drug-likeness (QED) is 0.779. The number of hydrogen-bond donors (Lipinski definition) is 2. The van der Waals surface area contributed by atoms with Gasteiger partial charge in [0, 0.05) is 24.5 Å². The van der Waals surface area contributed by atoms with E-state index in [4.69, 9.17) is 4.74 Å². The highest BCUT2D eigenvalue weighted by Gasteiger charge is 2.25. The molecule has 0 saturated carbocycles. The van der Waals surface area contributed by atoms with Crippen LogP contribution in [-0.4, -0.2) is 34.7 Å². The molecule has 6 nitrogen and oxygen atoms in total. The molecule has 0 spiro atoms. The Morgan fingerprint density at radius 1 is 1.33 bits per heavy atom. The van der Waals surface area contributed by atoms with Gasteiger partial charge in [-0.05, 0) is 24.1 Å². The number of fused-ring (bicyclic) bond motifs is 1. The van der Waals surface area contributed by atoms with Crippen LogP contribution >= 0.6 is 0 Å². The zero-order valence-electron chi connectivity index (χ0n) is 14.3. The highest BCUT2D eigenvalue weighted by Crippen LogP contribution is 2.26. The normalized spacial score (nSPS) is 13.5. The van der Waals surface area contributed by atoms with E-state index in [1.54, 1.807) is 7.11 Å². The number of benzene rings is 1. The number of aliphatic carboxylic acids is 1. The summed E-state index contributed by atoms with van der Waals surface area (Å²) >= 11 is 0. The molecule has 1 heterocycles. The molecule has 0 fully saturated rings. The van der Waals surface area contributed by atoms with E-state index in [1.807, 2.05) is 48.9 Å². The Morgan fingerprint density at radius 2 is 2.08 bits per heavy atom. The Balaban J connectivity index is 2.03. The van der Waals surface area contributed by atoms with Gasteiger partial charge in [-0.25, -0.2) is 4.79 Å². The van der Waals surface area contributed by atoms with Gasteiger partial charge in [-0.2, -0.15) is 0 Å². The third-order valence-corrected chi connectivity index (χ3v) is 4.37. The lowest BCUT2D eigenvalue weighted by atomic mass is 9.99. The van der Waals surface area contributed by atoms with E-state index in [0.717, 1.165) is 16.7 Å². The summed E-state index contributed by atoms with van der Waals surface area (Å²) in [7, 11) is 1.63. The van der Waals surface area contributed by atoms with Crippen molar-refractivity contribution in [1.82, 2.24) is 9.88 Å². The number of hydrogen-bond acceptors (Lipinski definition) is 3. The second kappa shape index (κ2) is 7.86. The number of carbonyl (C=O) groups excluding carboxylic acids is 1. The second-order valence-corrected chi connectivity index (χ2v) is 5.92. The van der Waals surface area contributed by atoms with Gasteiger partial charge in [0.1, 0.15) is 11.8 Å². The number of aryl methyl sites for hydroxylation is 1. The van der Waals surface area contributed by atoms with Gasteiger partial charge in [0.25, 0.3) is 0 Å². The van der Waals surface area contributed by atoms with Crippen LogP contribution in [0.3, 0.4) is 0 Å². The summed E-state index contributed by atoms with van der Waals surface area (Å²) in [5, 5.41) is 12.9. The number of carboxylic acid groups (broad SMARTS) is 1. The van der Waals surface area contributed by atoms with E-state index in [2.05, 4.69) is 5.32 Å². The van der Waals surface area contributed by atoms with Crippen molar-refractivity contribution in [1.29, 1.82) is 0 Å². The number of amides is 1. The summed E-state index contributed by atoms with van der Waals surface area (Å²) in [5.74, 6) is -0.567. The molecule has 6 heteroatoms. The maximum Gasteiger partial charge on any atom is 0.326 e. The van der Waals surface area contributed by atoms with Crippen molar-refractivity contribution in [3.05, 3.63) is 30.5 Å². The van der Waals surface area contributed by atoms with Gasteiger partial charge in [-0.15, -0.1) is 0 Å². The molecule has 1 aromatic heterocycles. The molecule has 0 aliphatic carbocycles. The Kier molecular flexibility index (Phi) is 5.84. The van der Waals surface area contributed by atoms with Gasteiger partial charge in [0.2, 0.25) is 5.91 Å². The van der Waals surface area contributed by atoms with E-state index >= 15 is 0 Å². The van der Waals surface area contributed by atoms with Crippen LogP contribution in [0.25, 0.3) is 10.9 Å². The van der Waals surface area contributed by atoms with E-state index < -0.39 is 12.0 Å². The minimum Gasteiger partial charge on any atom is -0.496 e. The lowest BCUT2D eigenvalue weighted by Crippen LogP contribution is -2.45. The molecule has 0 bridgehead atoms. The van der Waals surface area contributed by atoms with Crippen LogP contribution in [0.15, 0.2) is 30.5 Å². The Hall–Kier alpha value is -2.50. The molecule has 24 heavy (non-hydrogen) atoms. The smallest absolute Gasteiger partial charge is 0.326 e. The zero-order chi connectivity index (χ0) is 17.7. The fourth-order valence-corrected chi connectivity index (χ4v) is 2.72. The SMILES string of the molecule is CC[C@@H](C)[C@H](NC(=O)CCn1ccc2c(OC)cccc21)C(=O)O. The molecule has 2 rings (SSSR count). The van der Waals surface area contributed by atoms with E-state index in [9.17, 15) is 14.7 Å². The van der Waals surface area contributed by atoms with Crippen molar-refractivity contribution in [2.24, 2.45) is 5.92 Å². The largest absolute Gasteiger partial charge is 0.496 e. The summed E-state index contributed by atoms with van der Waals surface area (Å²) < 4.78 is 7.29. The predicted molar refractivity (Wildman–Crippen MR) is 92.1 cm³/mol. The molecular weight excluding hydrogens is 308 g/mol. The average molecular weight is 332 g/mol. The Morgan fingerprint density at radius 3 is 2.71 bits per heavy atom. The standard InChI is InChI=1S/C18H24N2O4/c1-4-12(2)17(18(22)23)19-16(21)9-11-20-10-8-13-14(20)6-5-7-15(13)24-3/h5-8,10,12,17H,4,9,11H2,1-3H3,(H,19,21)(H,22,23)/t12-,17+/m1/s1. The molecule has 2 aromatic rings. The molecule has 0 unspecified atom stereocenters. The summed E-state index contributed by atoms with van der Waals surface area (Å²) in [6.45, 7) is 4.21. The van der Waals surface area contributed by atoms with Gasteiger partial charge in [0.05, 0.1) is 12.6 Å². The van der Waals surface area contributed by atoms with Crippen LogP contribution in [0.5, 0.6) is 5.75 Å². The molecule has 1 amide bonds. The van der Waals surface area contributed by atoms with Crippen molar-refractivity contribution in [2.45, 2.75) is 39.3 Å². The van der Waals surface area contributed by atoms with Crippen molar-refractivity contribution in [3.63, 3.8) is 0 Å². The maximum absolute atomic E-state index is 12.1. The Bertz CT molecular complexity index is 723. The zero-order valence-corrected chi connectivity index (χ0v) is 14.3. The summed E-state index contributed by atoms with van der Waals surface area (Å²) in [6.07, 6.45) is 2.82. The van der Waals surface area contributed by atoms with E-state index in [0.29, 0.717) is 13.0 Å². The fourth-order valence-electron chi connectivity index (χ4n) is 2.72. The van der Waals surface area contributed by atoms with Gasteiger partial charge in [0.15, 0.2) is 0 Å². The number of carbonyl (C=O) groups is 2. The number of nitrogens with zero attached hydrogens (tertiary/aromatic N) is 1. The minimum atomic E-state index is -0.992. The maximum atomic E-state index is 12.1. The van der Waals surface area contributed by atoms with Gasteiger partial charge >= 0.3 is 5.97 Å². The van der Waals surface area contributed by atoms with E-state index in [-0.39, 0.29) is 18.2 Å². The molecule has 2 atom stereocenters. The molecule has 0 aliphatic heterocycles. The summed E-state index contributed by atoms with van der Waals surface area (Å²) in [6, 6.07) is 6.87. The topological polar surface area (TPSA) is 80.6 Å². The van der Waals surface area contributed by atoms with Crippen LogP contribution < -0.4 is 10.1 Å². The predicted octanol–water partition coefficient (Wildman–Crippen LogP) is 2.66. The van der Waals surface area contributed by atoms with Crippen LogP contribution in [-0.2, 0) is 16.1 Å². The highest BCUT2D eigenvalue weighted by molar-refractivity contribution is 5.87. The first kappa shape index (κ1) is 17.8. The number of carboxylic acids is 1. The lowest BCUT2D eigenvalue weighted by Gasteiger charge is -2.20. The van der Waals surface area contributed by atoms with Crippen LogP contribution in [0.4, 0.5) is 0 Å². The molecule has 0 aliphatic rings. The number of aromatic nitrogens is 1. The third kappa shape index (κ3) is 3.88. The Labute approximate surface area is 141 Å². The average Bonchev–Trinajstić information content (AvgIpc) is 3.00. The van der Waals surface area contributed by atoms with Crippen LogP contribution in [0.2, 0.25) is 0 Å². The second-order valence-electron chi connectivity index (χ2n) is 5.92. The van der Waals surface area contributed by atoms with Crippen LogP contribution in [0.1, 0.15) is 26.7 Å². The summed E-state index contributed by atoms with van der Waals surface area (Å²) in [5.41, 5.74) is 0.985. The van der Waals surface area contributed by atoms with Crippen molar-refractivity contribution >= 4 is 22.8 Å². The highest BCUT2D eigenvalue weighted by atomic mass is 16.5.